The molecule has 2 aliphatic rings. The fourth-order valence-electron chi connectivity index (χ4n) is 5.15. The number of aliphatic imine (C=N–C) groups is 2. The van der Waals surface area contributed by atoms with Gasteiger partial charge in [-0.2, -0.15) is 0 Å². The van der Waals surface area contributed by atoms with Crippen molar-refractivity contribution in [3.8, 4) is 12.3 Å². The van der Waals surface area contributed by atoms with Crippen LogP contribution in [0.2, 0.25) is 5.02 Å². The second kappa shape index (κ2) is 18.1. The molecule has 0 saturated carbocycles. The summed E-state index contributed by atoms with van der Waals surface area (Å²) in [6.07, 6.45) is 8.29. The molecular formula is C39H39ClN6O5. The molecule has 11 nitrogen and oxygen atoms in total. The molecule has 2 amide bonds. The van der Waals surface area contributed by atoms with E-state index in [1.165, 1.54) is 0 Å². The second-order valence-corrected chi connectivity index (χ2v) is 12.3. The zero-order chi connectivity index (χ0) is 36.0. The Morgan fingerprint density at radius 3 is 1.75 bits per heavy atom. The molecule has 0 radical (unpaired) electrons. The molecule has 4 aromatic carbocycles. The van der Waals surface area contributed by atoms with Crippen LogP contribution in [0, 0.1) is 12.3 Å². The van der Waals surface area contributed by atoms with Crippen LogP contribution in [-0.4, -0.2) is 49.3 Å². The van der Waals surface area contributed by atoms with Crippen molar-refractivity contribution in [2.45, 2.75) is 44.4 Å². The van der Waals surface area contributed by atoms with Gasteiger partial charge in [0.2, 0.25) is 0 Å². The number of hydrogen-bond donors (Lipinski definition) is 4. The summed E-state index contributed by atoms with van der Waals surface area (Å²) in [4.78, 5) is 32.6. The van der Waals surface area contributed by atoms with Crippen LogP contribution in [0.1, 0.15) is 45.5 Å². The summed E-state index contributed by atoms with van der Waals surface area (Å²) in [6.45, 7) is 1.28. The van der Waals surface area contributed by atoms with E-state index in [-0.39, 0.29) is 36.6 Å². The van der Waals surface area contributed by atoms with Gasteiger partial charge in [-0.25, -0.2) is 14.8 Å². The summed E-state index contributed by atoms with van der Waals surface area (Å²) >= 11 is 5.82. The van der Waals surface area contributed by atoms with Crippen molar-refractivity contribution in [3.05, 3.63) is 130 Å². The molecule has 4 aromatic rings. The van der Waals surface area contributed by atoms with E-state index in [0.29, 0.717) is 35.2 Å². The van der Waals surface area contributed by atoms with Gasteiger partial charge in [-0.15, -0.1) is 6.42 Å². The van der Waals surface area contributed by atoms with Crippen LogP contribution in [0.3, 0.4) is 0 Å². The smallest absolute Gasteiger partial charge is 0.411 e. The first-order chi connectivity index (χ1) is 24.7. The molecule has 0 bridgehead atoms. The van der Waals surface area contributed by atoms with Gasteiger partial charge in [0.1, 0.15) is 19.8 Å². The van der Waals surface area contributed by atoms with Crippen LogP contribution >= 0.6 is 11.6 Å². The van der Waals surface area contributed by atoms with E-state index in [1.54, 1.807) is 36.4 Å². The molecule has 0 fully saturated rings. The predicted molar refractivity (Wildman–Crippen MR) is 200 cm³/mol. The number of terminal acetylenes is 1. The zero-order valence-corrected chi connectivity index (χ0v) is 28.6. The van der Waals surface area contributed by atoms with Gasteiger partial charge in [-0.05, 0) is 103 Å². The molecule has 2 heterocycles. The Morgan fingerprint density at radius 2 is 1.24 bits per heavy atom. The number of rotatable bonds is 11. The number of aryl methyl sites for hydroxylation is 2. The van der Waals surface area contributed by atoms with Crippen LogP contribution < -0.4 is 22.1 Å². The minimum absolute atomic E-state index is 0.119. The van der Waals surface area contributed by atoms with E-state index in [2.05, 4.69) is 26.5 Å². The third kappa shape index (κ3) is 11.8. The van der Waals surface area contributed by atoms with E-state index in [0.717, 1.165) is 47.9 Å². The number of halogens is 1. The second-order valence-electron chi connectivity index (χ2n) is 11.8. The number of nitrogens with zero attached hydrogens (tertiary/aromatic N) is 2. The van der Waals surface area contributed by atoms with Crippen LogP contribution in [-0.2, 0) is 33.7 Å². The van der Waals surface area contributed by atoms with Crippen molar-refractivity contribution in [1.82, 2.24) is 0 Å². The summed E-state index contributed by atoms with van der Waals surface area (Å²) in [6, 6.07) is 30.3. The van der Waals surface area contributed by atoms with Gasteiger partial charge >= 0.3 is 6.09 Å². The summed E-state index contributed by atoms with van der Waals surface area (Å²) < 4.78 is 15.5. The maximum Gasteiger partial charge on any atom is 0.411 e. The van der Waals surface area contributed by atoms with Gasteiger partial charge in [-0.3, -0.25) is 10.1 Å². The standard InChI is InChI=1S/C20H19N3O2.C19H20ClN3O3/c1-2-14-5-10-17(11-6-14)22-19(24)16-8-3-15(4-9-16)7-12-18-13-25-20(21)23-18;20-15-6-1-14(2-7-15)11-26-19(24)23-16-8-3-13(4-9-16)5-10-17-12-25-18(21)22-17/h1,3-6,8-11,18H,7,12-13H2,(H2,21,23)(H,22,24);1-4,6-9,17H,5,10-12H2,(H2,21,22)(H,23,24)/t18-;17-/m00/s1. The third-order valence-electron chi connectivity index (χ3n) is 8.01. The van der Waals surface area contributed by atoms with E-state index in [4.69, 9.17) is 43.7 Å². The maximum absolute atomic E-state index is 12.3. The molecule has 6 N–H and O–H groups in total. The zero-order valence-electron chi connectivity index (χ0n) is 27.9. The summed E-state index contributed by atoms with van der Waals surface area (Å²) in [5, 5.41) is 6.21. The fourth-order valence-corrected chi connectivity index (χ4v) is 5.27. The summed E-state index contributed by atoms with van der Waals surface area (Å²) in [5.41, 5.74) is 17.0. The molecule has 2 atom stereocenters. The number of benzene rings is 4. The Hall–Kier alpha value is -5.99. The van der Waals surface area contributed by atoms with Crippen LogP contribution in [0.5, 0.6) is 0 Å². The first-order valence-corrected chi connectivity index (χ1v) is 16.8. The Balaban J connectivity index is 0.000000198. The van der Waals surface area contributed by atoms with Gasteiger partial charge in [0.15, 0.2) is 0 Å². The van der Waals surface area contributed by atoms with Crippen molar-refractivity contribution in [2.24, 2.45) is 21.5 Å². The molecule has 0 aromatic heterocycles. The highest BCUT2D eigenvalue weighted by atomic mass is 35.5. The summed E-state index contributed by atoms with van der Waals surface area (Å²) in [7, 11) is 0. The molecule has 2 aliphatic heterocycles. The van der Waals surface area contributed by atoms with Gasteiger partial charge in [0.25, 0.3) is 18.0 Å². The average molecular weight is 707 g/mol. The Bertz CT molecular complexity index is 1870. The topological polar surface area (TPSA) is 163 Å². The van der Waals surface area contributed by atoms with Crippen molar-refractivity contribution < 1.29 is 23.8 Å². The quantitative estimate of drug-likeness (QED) is 0.133. The average Bonchev–Trinajstić information content (AvgIpc) is 3.77. The molecule has 0 spiro atoms. The van der Waals surface area contributed by atoms with Gasteiger partial charge in [0, 0.05) is 27.5 Å². The van der Waals surface area contributed by atoms with E-state index in [1.807, 2.05) is 60.7 Å². The van der Waals surface area contributed by atoms with Crippen LogP contribution in [0.15, 0.2) is 107 Å². The minimum atomic E-state index is -0.499. The number of anilines is 2. The maximum atomic E-state index is 12.3. The monoisotopic (exact) mass is 706 g/mol. The van der Waals surface area contributed by atoms with Gasteiger partial charge in [-0.1, -0.05) is 53.9 Å². The first-order valence-electron chi connectivity index (χ1n) is 16.4. The molecule has 0 saturated heterocycles. The van der Waals surface area contributed by atoms with Crippen LogP contribution in [0.4, 0.5) is 16.2 Å². The lowest BCUT2D eigenvalue weighted by atomic mass is 10.0. The van der Waals surface area contributed by atoms with Crippen molar-refractivity contribution >= 4 is 47.0 Å². The lowest BCUT2D eigenvalue weighted by molar-refractivity contribution is 0.102. The van der Waals surface area contributed by atoms with Crippen molar-refractivity contribution in [1.29, 1.82) is 0 Å². The Kier molecular flexibility index (Phi) is 12.9. The van der Waals surface area contributed by atoms with E-state index >= 15 is 0 Å². The number of carbonyl (C=O) groups is 2. The van der Waals surface area contributed by atoms with Gasteiger partial charge < -0.3 is 31.0 Å². The first kappa shape index (κ1) is 36.3. The largest absolute Gasteiger partial charge is 0.463 e. The highest BCUT2D eigenvalue weighted by Gasteiger charge is 2.17. The highest BCUT2D eigenvalue weighted by molar-refractivity contribution is 6.30. The Morgan fingerprint density at radius 1 is 0.745 bits per heavy atom. The molecule has 0 aliphatic carbocycles. The number of amidine groups is 2. The minimum Gasteiger partial charge on any atom is -0.463 e. The molecular weight excluding hydrogens is 668 g/mol. The number of carbonyl (C=O) groups excluding carboxylic acids is 2. The van der Waals surface area contributed by atoms with Crippen molar-refractivity contribution in [2.75, 3.05) is 23.8 Å². The fraction of sp³-hybridized carbons (Fsp3) is 0.231. The number of nitrogens with one attached hydrogen (secondary N) is 2. The number of amides is 2. The van der Waals surface area contributed by atoms with Gasteiger partial charge in [0.05, 0.1) is 12.1 Å². The highest BCUT2D eigenvalue weighted by Crippen LogP contribution is 2.17. The molecule has 262 valence electrons. The Labute approximate surface area is 302 Å². The molecule has 6 rings (SSSR count). The SMILES string of the molecule is C#Cc1ccc(NC(=O)c2ccc(CC[C@H]3COC(N)=N3)cc2)cc1.NC1=N[C@@H](CCc2ccc(NC(=O)OCc3ccc(Cl)cc3)cc2)CO1. The number of nitrogens with two attached hydrogens (primary N) is 2. The molecule has 12 heteroatoms. The van der Waals surface area contributed by atoms with Crippen molar-refractivity contribution in [3.63, 3.8) is 0 Å². The van der Waals surface area contributed by atoms with E-state index in [9.17, 15) is 9.59 Å². The predicted octanol–water partition coefficient (Wildman–Crippen LogP) is 6.30. The van der Waals surface area contributed by atoms with E-state index < -0.39 is 6.09 Å². The normalized spacial score (nSPS) is 15.8. The molecule has 0 unspecified atom stereocenters. The third-order valence-corrected chi connectivity index (χ3v) is 8.26. The lowest BCUT2D eigenvalue weighted by Gasteiger charge is -2.09. The molecule has 51 heavy (non-hydrogen) atoms. The van der Waals surface area contributed by atoms with Crippen LogP contribution in [0.25, 0.3) is 0 Å². The number of hydrogen-bond acceptors (Lipinski definition) is 9. The lowest BCUT2D eigenvalue weighted by Crippen LogP contribution is -2.13. The summed E-state index contributed by atoms with van der Waals surface area (Å²) in [5.74, 6) is 2.39. The number of ether oxygens (including phenoxy) is 3.